The SMILES string of the molecule is CC(=O)N[C@H]1CSCCC(=O)N2CN3CN(C2)C(=O)CCSC[C@@H](C(=O)CCCc2ccccc2)NC(=O)[C@H](Cc2ccccc2)NC(=O)CNC(=O)[C@@H](CCCNC(=N)N)NC(=O)[C@H](Cc2c[nH]c4ccccc24)NC(=O)[C@H](CSCCC3=O)CC(=O)[C@H](CC(N)=O)NC(=O)[C@H](CCC(=O)O)NC(=O)[C@H](CC(C)C)NC(=O)[C@H](Cc2c[nH]c3ccccc23)NC(=O)[C@H](Cc2c[nH]cn2)NC1=O. The number of imidazole rings is 1. The predicted molar refractivity (Wildman–Crippen MR) is 512 cm³/mol. The Bertz CT molecular complexity index is 5430. The first-order valence-corrected chi connectivity index (χ1v) is 48.8. The molecule has 21 N–H and O–H groups in total. The number of carbonyl (C=O) groups excluding carboxylic acids is 17. The summed E-state index contributed by atoms with van der Waals surface area (Å²) in [5.74, 6) is -19.5. The normalized spacial score (nSPS) is 22.6. The molecule has 0 aliphatic carbocycles. The largest absolute Gasteiger partial charge is 0.481 e. The first-order chi connectivity index (χ1) is 65.7. The minimum atomic E-state index is -1.96. The van der Waals surface area contributed by atoms with Crippen LogP contribution < -0.4 is 75.3 Å². The first-order valence-electron chi connectivity index (χ1n) is 45.3. The molecule has 6 heterocycles. The molecule has 0 unspecified atom stereocenters. The Morgan fingerprint density at radius 3 is 1.54 bits per heavy atom. The van der Waals surface area contributed by atoms with Gasteiger partial charge in [-0.05, 0) is 78.8 Å². The molecule has 3 fully saturated rings. The first kappa shape index (κ1) is 105. The summed E-state index contributed by atoms with van der Waals surface area (Å²) in [7, 11) is 0. The zero-order valence-corrected chi connectivity index (χ0v) is 78.8. The van der Waals surface area contributed by atoms with Crippen molar-refractivity contribution >= 4 is 169 Å². The Hall–Kier alpha value is -13.7. The molecule has 10 rings (SSSR count). The summed E-state index contributed by atoms with van der Waals surface area (Å²) in [5.41, 5.74) is 15.5. The number of nitrogens with zero attached hydrogens (tertiary/aromatic N) is 4. The number of primary amides is 1. The Kier molecular flexibility index (Phi) is 40.8. The number of Topliss-reactive ketones (excluding diaryl/α,β-unsaturated/α-hetero) is 2. The third-order valence-electron chi connectivity index (χ3n) is 23.1. The van der Waals surface area contributed by atoms with Gasteiger partial charge in [-0.1, -0.05) is 111 Å². The smallest absolute Gasteiger partial charge is 0.303 e. The second-order valence-corrected chi connectivity index (χ2v) is 37.7. The molecule has 41 nitrogen and oxygen atoms in total. The van der Waals surface area contributed by atoms with Crippen molar-refractivity contribution in [3.63, 3.8) is 0 Å². The number of benzene rings is 4. The fourth-order valence-electron chi connectivity index (χ4n) is 15.9. The van der Waals surface area contributed by atoms with Crippen molar-refractivity contribution in [1.29, 1.82) is 5.41 Å². The number of thioether (sulfide) groups is 3. The van der Waals surface area contributed by atoms with Crippen LogP contribution in [0.5, 0.6) is 0 Å². The molecule has 3 aromatic heterocycles. The van der Waals surface area contributed by atoms with Crippen LogP contribution >= 0.6 is 35.3 Å². The topological polar surface area (TPSA) is 618 Å². The molecule has 137 heavy (non-hydrogen) atoms. The molecule has 4 bridgehead atoms. The third-order valence-corrected chi connectivity index (χ3v) is 26.3. The number of carboxylic acid groups (broad SMARTS) is 1. The van der Waals surface area contributed by atoms with Crippen molar-refractivity contribution in [3.05, 3.63) is 162 Å². The van der Waals surface area contributed by atoms with Gasteiger partial charge in [0.25, 0.3) is 0 Å². The number of aromatic amines is 3. The van der Waals surface area contributed by atoms with E-state index in [0.29, 0.717) is 51.3 Å². The number of fused-ring (bicyclic) bond motifs is 9. The van der Waals surface area contributed by atoms with Gasteiger partial charge in [0.05, 0.1) is 63.0 Å². The maximum absolute atomic E-state index is 15.7. The molecule has 3 saturated heterocycles. The molecule has 3 aliphatic heterocycles. The highest BCUT2D eigenvalue weighted by atomic mass is 32.2. The molecule has 15 amide bonds. The summed E-state index contributed by atoms with van der Waals surface area (Å²) in [6.45, 7) is 2.68. The number of carboxylic acids is 1. The summed E-state index contributed by atoms with van der Waals surface area (Å²) in [4.78, 5) is 281. The minimum absolute atomic E-state index is 0.00145. The molecule has 0 radical (unpaired) electrons. The van der Waals surface area contributed by atoms with Crippen LogP contribution in [-0.4, -0.2) is 280 Å². The summed E-state index contributed by atoms with van der Waals surface area (Å²) in [6.07, 6.45) is 1.30. The number of carbonyl (C=O) groups is 18. The lowest BCUT2D eigenvalue weighted by atomic mass is 9.95. The number of hydrogen-bond donors (Lipinski definition) is 19. The van der Waals surface area contributed by atoms with Crippen LogP contribution in [0.1, 0.15) is 126 Å². The molecule has 734 valence electrons. The molecule has 0 saturated carbocycles. The Labute approximate surface area is 803 Å². The van der Waals surface area contributed by atoms with Crippen molar-refractivity contribution in [2.24, 2.45) is 23.3 Å². The highest BCUT2D eigenvalue weighted by Gasteiger charge is 2.40. The number of nitrogens with one attached hydrogen (secondary N) is 16. The van der Waals surface area contributed by atoms with Crippen LogP contribution in [0.25, 0.3) is 21.8 Å². The van der Waals surface area contributed by atoms with E-state index in [9.17, 15) is 57.8 Å². The van der Waals surface area contributed by atoms with Crippen LogP contribution in [0.2, 0.25) is 0 Å². The molecule has 4 aromatic carbocycles. The second kappa shape index (κ2) is 53.0. The van der Waals surface area contributed by atoms with Gasteiger partial charge in [0, 0.05) is 153 Å². The van der Waals surface area contributed by atoms with E-state index in [1.165, 1.54) is 27.2 Å². The molecular weight excluding hydrogens is 1830 g/mol. The Morgan fingerprint density at radius 2 is 0.993 bits per heavy atom. The van der Waals surface area contributed by atoms with Crippen molar-refractivity contribution in [2.45, 2.75) is 190 Å². The fraction of sp³-hybridized carbons (Fsp3) is 0.462. The monoisotopic (exact) mass is 1940 g/mol. The number of nitrogens with two attached hydrogens (primary N) is 2. The van der Waals surface area contributed by atoms with Gasteiger partial charge >= 0.3 is 5.97 Å². The van der Waals surface area contributed by atoms with Crippen molar-refractivity contribution < 1.29 is 91.4 Å². The number of guanidine groups is 1. The van der Waals surface area contributed by atoms with Crippen LogP contribution in [0.15, 0.2) is 134 Å². The maximum Gasteiger partial charge on any atom is 0.303 e. The van der Waals surface area contributed by atoms with E-state index in [1.54, 1.807) is 105 Å². The van der Waals surface area contributed by atoms with E-state index < -0.39 is 211 Å². The van der Waals surface area contributed by atoms with Crippen molar-refractivity contribution in [3.8, 4) is 0 Å². The zero-order valence-electron chi connectivity index (χ0n) is 76.4. The summed E-state index contributed by atoms with van der Waals surface area (Å²) < 4.78 is 0. The van der Waals surface area contributed by atoms with Gasteiger partial charge in [-0.15, -0.1) is 0 Å². The lowest BCUT2D eigenvalue weighted by molar-refractivity contribution is -0.158. The van der Waals surface area contributed by atoms with E-state index in [1.807, 2.05) is 30.3 Å². The highest BCUT2D eigenvalue weighted by Crippen LogP contribution is 2.26. The van der Waals surface area contributed by atoms with Crippen LogP contribution in [-0.2, 0) is 118 Å². The number of aryl methyl sites for hydroxylation is 1. The van der Waals surface area contributed by atoms with E-state index in [2.05, 4.69) is 83.7 Å². The summed E-state index contributed by atoms with van der Waals surface area (Å²) >= 11 is 3.16. The van der Waals surface area contributed by atoms with Crippen molar-refractivity contribution in [2.75, 3.05) is 67.6 Å². The van der Waals surface area contributed by atoms with Gasteiger partial charge in [-0.2, -0.15) is 35.3 Å². The second-order valence-electron chi connectivity index (χ2n) is 34.2. The van der Waals surface area contributed by atoms with Gasteiger partial charge in [0.15, 0.2) is 17.5 Å². The van der Waals surface area contributed by atoms with E-state index in [-0.39, 0.29) is 143 Å². The van der Waals surface area contributed by atoms with Gasteiger partial charge in [0.2, 0.25) is 88.6 Å². The quantitative estimate of drug-likeness (QED) is 0.0212. The average Bonchev–Trinajstić information content (AvgIpc) is 1.14. The van der Waals surface area contributed by atoms with Gasteiger partial charge in [-0.25, -0.2) is 4.98 Å². The predicted octanol–water partition coefficient (Wildman–Crippen LogP) is 0.613. The number of amides is 15. The average molecular weight is 1950 g/mol. The van der Waals surface area contributed by atoms with Crippen LogP contribution in [0.4, 0.5) is 0 Å². The number of hydrogen-bond acceptors (Lipinski definition) is 23. The zero-order chi connectivity index (χ0) is 98.6. The maximum atomic E-state index is 15.7. The highest BCUT2D eigenvalue weighted by molar-refractivity contribution is 7.99. The third kappa shape index (κ3) is 33.7. The summed E-state index contributed by atoms with van der Waals surface area (Å²) in [5, 5.41) is 51.3. The molecule has 0 spiro atoms. The van der Waals surface area contributed by atoms with Crippen LogP contribution in [0.3, 0.4) is 0 Å². The standard InChI is InChI=1S/C93H120N22O19S3/c1-54(2)36-69-87(129)106-67(27-28-83(124)125)86(128)107-68(42-78(94)119)77(118)40-60-47-135-33-29-80(121)113-51-114(53-115(52-113)82(123)31-35-137-49-75(103-55(3)116)92(134)111-73(41-61-45-97-50-102-61)91(133)110-72(90(132)109-69)39-59-44-100-65-24-13-11-22-63(59)65)81(122)30-34-136-48-74(76(117)26-14-20-56-16-6-4-7-17-56)112-88(130)70(37-57-18-8-5-9-19-57)104-79(120)46-101-85(127)66(25-15-32-98-93(95)96)105-89(131)71(108-84(60)126)38-58-43-99-64-23-12-10-21-62(58)64/h4-13,16-19,21-24,43-45,50,54,60,66-75,99-100H,14-15,20,25-42,46-49,51-53H2,1-3H3,(H2,94,119)(H,97,102)(H,101,127)(H,103,116)(H,104,120)(H,105,131)(H,106,129)(H,107,128)(H,108,126)(H,109,132)(H,110,133)(H,111,134)(H,112,130)(H,124,125)(H4,95,96,98)/t60-,66+,67-,68-,69-,70-,71-,72-,73-,74-,75-/m0/s1. The minimum Gasteiger partial charge on any atom is -0.481 e. The molecule has 44 heteroatoms. The summed E-state index contributed by atoms with van der Waals surface area (Å²) in [6, 6.07) is 16.3. The lowest BCUT2D eigenvalue weighted by Crippen LogP contribution is -2.60. The fourth-order valence-corrected chi connectivity index (χ4v) is 18.9. The molecule has 7 aromatic rings. The van der Waals surface area contributed by atoms with Gasteiger partial charge in [0.1, 0.15) is 48.3 Å². The van der Waals surface area contributed by atoms with E-state index >= 15 is 33.6 Å². The van der Waals surface area contributed by atoms with Gasteiger partial charge in [-0.3, -0.25) is 91.7 Å². The number of ketones is 2. The number of H-pyrrole nitrogens is 3. The number of aromatic nitrogens is 4. The van der Waals surface area contributed by atoms with Crippen LogP contribution in [0, 0.1) is 17.2 Å². The van der Waals surface area contributed by atoms with E-state index in [4.69, 9.17) is 16.9 Å². The van der Waals surface area contributed by atoms with Gasteiger partial charge < -0.3 is 110 Å². The number of aliphatic carboxylic acids is 1. The molecule has 11 atom stereocenters. The molecular formula is C93H120N22O19S3. The number of rotatable bonds is 25. The molecule has 3 aliphatic rings. The number of para-hydroxylation sites is 2. The Morgan fingerprint density at radius 1 is 0.511 bits per heavy atom. The Balaban J connectivity index is 1.04. The van der Waals surface area contributed by atoms with Crippen molar-refractivity contribution in [1.82, 2.24) is 98.4 Å². The lowest BCUT2D eigenvalue weighted by Gasteiger charge is -2.42. The van der Waals surface area contributed by atoms with E-state index in [0.717, 1.165) is 47.8 Å².